The van der Waals surface area contributed by atoms with Crippen molar-refractivity contribution in [1.29, 1.82) is 0 Å². The molecule has 7 rings (SSSR count). The minimum Gasteiger partial charge on any atom is -0.457 e. The molecule has 1 aliphatic heterocycles. The average Bonchev–Trinajstić information content (AvgIpc) is 3.53. The molecule has 0 saturated heterocycles. The van der Waals surface area contributed by atoms with Crippen LogP contribution in [-0.2, 0) is 6.42 Å². The van der Waals surface area contributed by atoms with Crippen LogP contribution in [0.4, 0.5) is 0 Å². The number of allylic oxidation sites excluding steroid dienone is 1. The van der Waals surface area contributed by atoms with E-state index in [0.29, 0.717) is 15.1 Å². The van der Waals surface area contributed by atoms with Crippen molar-refractivity contribution < 1.29 is 4.42 Å². The maximum Gasteiger partial charge on any atom is 0.271 e. The molecule has 7 heteroatoms. The molecule has 0 fully saturated rings. The van der Waals surface area contributed by atoms with Crippen molar-refractivity contribution in [3.05, 3.63) is 142 Å². The Bertz CT molecular complexity index is 1910. The van der Waals surface area contributed by atoms with Gasteiger partial charge in [0.25, 0.3) is 5.56 Å². The third-order valence-electron chi connectivity index (χ3n) is 7.09. The number of benzene rings is 3. The zero-order valence-corrected chi connectivity index (χ0v) is 24.0. The first kappa shape index (κ1) is 23.8. The average molecular weight is 644 g/mol. The van der Waals surface area contributed by atoms with Crippen LogP contribution < -0.4 is 14.9 Å². The molecule has 4 nitrogen and oxygen atoms in total. The second-order valence-electron chi connectivity index (χ2n) is 9.37. The monoisotopic (exact) mass is 642 g/mol. The summed E-state index contributed by atoms with van der Waals surface area (Å²) in [6.07, 6.45) is 3.64. The normalized spacial score (nSPS) is 16.6. The highest BCUT2D eigenvalue weighted by Crippen LogP contribution is 2.41. The topological polar surface area (TPSA) is 47.5 Å². The number of thiazole rings is 1. The molecular weight excluding hydrogens is 624 g/mol. The summed E-state index contributed by atoms with van der Waals surface area (Å²) in [6, 6.07) is 28.4. The van der Waals surface area contributed by atoms with Gasteiger partial charge in [0, 0.05) is 26.1 Å². The van der Waals surface area contributed by atoms with E-state index in [9.17, 15) is 4.79 Å². The Hall–Kier alpha value is -3.26. The van der Waals surface area contributed by atoms with Crippen LogP contribution in [0.2, 0.25) is 0 Å². The van der Waals surface area contributed by atoms with Gasteiger partial charge in [0.1, 0.15) is 11.5 Å². The number of rotatable bonds is 3. The van der Waals surface area contributed by atoms with E-state index in [4.69, 9.17) is 9.41 Å². The van der Waals surface area contributed by atoms with Crippen molar-refractivity contribution in [2.45, 2.75) is 18.9 Å². The van der Waals surface area contributed by atoms with E-state index in [1.165, 1.54) is 28.0 Å². The number of hydrogen-bond donors (Lipinski definition) is 0. The fraction of sp³-hybridized carbons (Fsp3) is 0.0968. The van der Waals surface area contributed by atoms with Gasteiger partial charge in [-0.3, -0.25) is 9.36 Å². The minimum absolute atomic E-state index is 0.0475. The van der Waals surface area contributed by atoms with Crippen LogP contribution in [0.1, 0.15) is 34.9 Å². The van der Waals surface area contributed by atoms with Crippen molar-refractivity contribution in [3.63, 3.8) is 0 Å². The Morgan fingerprint density at radius 1 is 0.895 bits per heavy atom. The van der Waals surface area contributed by atoms with Crippen LogP contribution in [0.3, 0.4) is 0 Å². The summed E-state index contributed by atoms with van der Waals surface area (Å²) in [4.78, 5) is 19.7. The molecular formula is C31H20Br2N2O2S. The molecule has 0 amide bonds. The smallest absolute Gasteiger partial charge is 0.271 e. The van der Waals surface area contributed by atoms with Crippen LogP contribution in [-0.4, -0.2) is 4.57 Å². The highest BCUT2D eigenvalue weighted by molar-refractivity contribution is 9.10. The molecule has 3 aromatic carbocycles. The fourth-order valence-corrected chi connectivity index (χ4v) is 6.81. The molecule has 0 N–H and O–H groups in total. The van der Waals surface area contributed by atoms with Gasteiger partial charge < -0.3 is 4.42 Å². The van der Waals surface area contributed by atoms with E-state index in [2.05, 4.69) is 68.3 Å². The SMILES string of the molecule is O=c1/c(=C/c2ccc(-c3ccc(Br)cc3)o2)sc2n1[C@H](c1ccc(Br)cc1)C1=C(N=2)c2ccccc2CC1. The van der Waals surface area contributed by atoms with Gasteiger partial charge in [0.2, 0.25) is 0 Å². The summed E-state index contributed by atoms with van der Waals surface area (Å²) < 4.78 is 10.6. The molecule has 5 aromatic rings. The first-order valence-electron chi connectivity index (χ1n) is 12.3. The molecule has 3 heterocycles. The first-order chi connectivity index (χ1) is 18.5. The lowest BCUT2D eigenvalue weighted by Crippen LogP contribution is -2.38. The van der Waals surface area contributed by atoms with Crippen molar-refractivity contribution in [2.24, 2.45) is 4.99 Å². The third kappa shape index (κ3) is 4.10. The van der Waals surface area contributed by atoms with E-state index in [0.717, 1.165) is 44.4 Å². The van der Waals surface area contributed by atoms with Gasteiger partial charge in [0.05, 0.1) is 16.3 Å². The van der Waals surface area contributed by atoms with Crippen LogP contribution >= 0.6 is 43.2 Å². The van der Waals surface area contributed by atoms with Crippen LogP contribution in [0.15, 0.2) is 114 Å². The third-order valence-corrected chi connectivity index (χ3v) is 9.13. The van der Waals surface area contributed by atoms with E-state index in [-0.39, 0.29) is 11.6 Å². The van der Waals surface area contributed by atoms with Gasteiger partial charge in [-0.25, -0.2) is 4.99 Å². The predicted molar refractivity (Wildman–Crippen MR) is 159 cm³/mol. The highest BCUT2D eigenvalue weighted by atomic mass is 79.9. The summed E-state index contributed by atoms with van der Waals surface area (Å²) >= 11 is 8.44. The first-order valence-corrected chi connectivity index (χ1v) is 14.7. The lowest BCUT2D eigenvalue weighted by atomic mass is 9.83. The van der Waals surface area contributed by atoms with Gasteiger partial charge in [-0.05, 0) is 65.9 Å². The molecule has 0 spiro atoms. The standard InChI is InChI=1S/C31H20Br2N2O2S/c32-21-10-5-19(6-11-21)26-16-14-23(37-26)17-27-30(36)35-29(20-7-12-22(33)13-8-20)25-15-9-18-3-1-2-4-24(18)28(25)34-31(35)38-27/h1-8,10-14,16-17,29H,9,15H2/b27-17-/t29-/m1/s1. The largest absolute Gasteiger partial charge is 0.457 e. The number of nitrogens with zero attached hydrogens (tertiary/aromatic N) is 2. The zero-order valence-electron chi connectivity index (χ0n) is 20.0. The molecule has 0 radical (unpaired) electrons. The van der Waals surface area contributed by atoms with Crippen molar-refractivity contribution >= 4 is 55.0 Å². The van der Waals surface area contributed by atoms with E-state index >= 15 is 0 Å². The number of aromatic nitrogens is 1. The molecule has 0 saturated carbocycles. The van der Waals surface area contributed by atoms with Gasteiger partial charge in [-0.2, -0.15) is 0 Å². The Labute approximate surface area is 239 Å². The van der Waals surface area contributed by atoms with Crippen LogP contribution in [0.5, 0.6) is 0 Å². The summed E-state index contributed by atoms with van der Waals surface area (Å²) in [6.45, 7) is 0. The molecule has 186 valence electrons. The maximum atomic E-state index is 13.9. The lowest BCUT2D eigenvalue weighted by Gasteiger charge is -2.30. The Kier molecular flexibility index (Phi) is 5.95. The second-order valence-corrected chi connectivity index (χ2v) is 12.2. The Balaban J connectivity index is 1.39. The molecule has 1 atom stereocenters. The zero-order chi connectivity index (χ0) is 25.8. The molecule has 38 heavy (non-hydrogen) atoms. The van der Waals surface area contributed by atoms with Crippen LogP contribution in [0, 0.1) is 0 Å². The van der Waals surface area contributed by atoms with Gasteiger partial charge in [0.15, 0.2) is 4.80 Å². The molecule has 0 bridgehead atoms. The summed E-state index contributed by atoms with van der Waals surface area (Å²) in [5.74, 6) is 1.40. The van der Waals surface area contributed by atoms with Crippen molar-refractivity contribution in [1.82, 2.24) is 4.57 Å². The number of hydrogen-bond acceptors (Lipinski definition) is 4. The van der Waals surface area contributed by atoms with E-state index in [1.807, 2.05) is 59.2 Å². The number of fused-ring (bicyclic) bond motifs is 3. The number of halogens is 2. The van der Waals surface area contributed by atoms with Gasteiger partial charge >= 0.3 is 0 Å². The molecule has 1 aliphatic carbocycles. The van der Waals surface area contributed by atoms with E-state index < -0.39 is 0 Å². The molecule has 2 aliphatic rings. The molecule has 2 aromatic heterocycles. The number of furan rings is 1. The van der Waals surface area contributed by atoms with Crippen LogP contribution in [0.25, 0.3) is 23.1 Å². The number of aryl methyl sites for hydroxylation is 1. The fourth-order valence-electron chi connectivity index (χ4n) is 5.30. The Morgan fingerprint density at radius 2 is 1.63 bits per heavy atom. The van der Waals surface area contributed by atoms with Gasteiger partial charge in [-0.1, -0.05) is 91.7 Å². The summed E-state index contributed by atoms with van der Waals surface area (Å²) in [5.41, 5.74) is 6.68. The highest BCUT2D eigenvalue weighted by Gasteiger charge is 2.32. The lowest BCUT2D eigenvalue weighted by molar-refractivity contribution is 0.570. The maximum absolute atomic E-state index is 13.9. The summed E-state index contributed by atoms with van der Waals surface area (Å²) in [7, 11) is 0. The second kappa shape index (κ2) is 9.49. The Morgan fingerprint density at radius 3 is 2.42 bits per heavy atom. The predicted octanol–water partition coefficient (Wildman–Crippen LogP) is 7.10. The van der Waals surface area contributed by atoms with Crippen molar-refractivity contribution in [3.8, 4) is 11.3 Å². The quantitative estimate of drug-likeness (QED) is 0.211. The molecule has 0 unspecified atom stereocenters. The van der Waals surface area contributed by atoms with Crippen molar-refractivity contribution in [2.75, 3.05) is 0 Å². The van der Waals surface area contributed by atoms with E-state index in [1.54, 1.807) is 0 Å². The minimum atomic E-state index is -0.195. The summed E-state index contributed by atoms with van der Waals surface area (Å²) in [5, 5.41) is 0. The van der Waals surface area contributed by atoms with Gasteiger partial charge in [-0.15, -0.1) is 0 Å².